The molecule has 0 radical (unpaired) electrons. The van der Waals surface area contributed by atoms with Crippen molar-refractivity contribution < 1.29 is 19.2 Å². The molecule has 8 nitrogen and oxygen atoms in total. The normalized spacial score (nSPS) is 18.9. The highest BCUT2D eigenvalue weighted by atomic mass is 16.2. The summed E-state index contributed by atoms with van der Waals surface area (Å²) < 4.78 is 0. The lowest BCUT2D eigenvalue weighted by molar-refractivity contribution is -0.148. The Labute approximate surface area is 149 Å². The standard InChI is InChI=1S/C17H30N4O4/c1-18(2)13(22)8-12-11-21(7)16(25)17(12,9-14(23)19(3)4)10-15(24)20(5)6/h12H,8-11H2,1-7H3. The molecule has 25 heavy (non-hydrogen) atoms. The van der Waals surface area contributed by atoms with Gasteiger partial charge in [-0.3, -0.25) is 19.2 Å². The van der Waals surface area contributed by atoms with E-state index in [2.05, 4.69) is 0 Å². The Morgan fingerprint density at radius 1 is 0.920 bits per heavy atom. The summed E-state index contributed by atoms with van der Waals surface area (Å²) in [5.74, 6) is -1.19. The largest absolute Gasteiger partial charge is 0.349 e. The van der Waals surface area contributed by atoms with Gasteiger partial charge in [-0.15, -0.1) is 0 Å². The Morgan fingerprint density at radius 3 is 1.68 bits per heavy atom. The summed E-state index contributed by atoms with van der Waals surface area (Å²) in [4.78, 5) is 55.8. The van der Waals surface area contributed by atoms with E-state index in [1.165, 1.54) is 19.6 Å². The fourth-order valence-corrected chi connectivity index (χ4v) is 3.15. The average molecular weight is 354 g/mol. The van der Waals surface area contributed by atoms with Gasteiger partial charge in [0.1, 0.15) is 0 Å². The average Bonchev–Trinajstić information content (AvgIpc) is 2.71. The Kier molecular flexibility index (Phi) is 6.56. The Morgan fingerprint density at radius 2 is 1.32 bits per heavy atom. The molecule has 0 spiro atoms. The second-order valence-electron chi connectivity index (χ2n) is 7.46. The highest BCUT2D eigenvalue weighted by Gasteiger charge is 2.55. The summed E-state index contributed by atoms with van der Waals surface area (Å²) in [5.41, 5.74) is -1.18. The van der Waals surface area contributed by atoms with Crippen LogP contribution in [0.1, 0.15) is 19.3 Å². The highest BCUT2D eigenvalue weighted by molar-refractivity contribution is 5.95. The Balaban J connectivity index is 3.29. The monoisotopic (exact) mass is 354 g/mol. The van der Waals surface area contributed by atoms with E-state index in [0.29, 0.717) is 6.54 Å². The van der Waals surface area contributed by atoms with Gasteiger partial charge in [-0.25, -0.2) is 0 Å². The lowest BCUT2D eigenvalue weighted by Crippen LogP contribution is -2.45. The van der Waals surface area contributed by atoms with E-state index >= 15 is 0 Å². The minimum Gasteiger partial charge on any atom is -0.349 e. The number of amides is 4. The van der Waals surface area contributed by atoms with Gasteiger partial charge in [0.05, 0.1) is 5.41 Å². The van der Waals surface area contributed by atoms with E-state index in [-0.39, 0.29) is 48.8 Å². The van der Waals surface area contributed by atoms with Gasteiger partial charge in [-0.1, -0.05) is 0 Å². The lowest BCUT2D eigenvalue weighted by Gasteiger charge is -2.33. The third-order valence-corrected chi connectivity index (χ3v) is 4.90. The minimum atomic E-state index is -1.18. The SMILES string of the molecule is CN(C)C(=O)CC1CN(C)C(=O)C1(CC(=O)N(C)C)CC(=O)N(C)C. The second-order valence-corrected chi connectivity index (χ2v) is 7.46. The van der Waals surface area contributed by atoms with Crippen molar-refractivity contribution in [3.8, 4) is 0 Å². The molecule has 8 heteroatoms. The first-order valence-corrected chi connectivity index (χ1v) is 8.28. The molecule has 0 aliphatic carbocycles. The van der Waals surface area contributed by atoms with Crippen molar-refractivity contribution in [2.75, 3.05) is 55.9 Å². The second kappa shape index (κ2) is 7.84. The predicted molar refractivity (Wildman–Crippen MR) is 93.5 cm³/mol. The zero-order chi connectivity index (χ0) is 19.5. The van der Waals surface area contributed by atoms with E-state index in [4.69, 9.17) is 0 Å². The van der Waals surface area contributed by atoms with Crippen LogP contribution in [-0.2, 0) is 19.2 Å². The van der Waals surface area contributed by atoms with E-state index in [0.717, 1.165) is 0 Å². The van der Waals surface area contributed by atoms with Crippen LogP contribution in [0.5, 0.6) is 0 Å². The van der Waals surface area contributed by atoms with Crippen molar-refractivity contribution in [2.45, 2.75) is 19.3 Å². The number of likely N-dealkylation sites (tertiary alicyclic amines) is 1. The molecule has 0 bridgehead atoms. The maximum absolute atomic E-state index is 13.0. The molecule has 0 aromatic rings. The first kappa shape index (κ1) is 20.9. The molecular weight excluding hydrogens is 324 g/mol. The lowest BCUT2D eigenvalue weighted by atomic mass is 9.70. The summed E-state index contributed by atoms with van der Waals surface area (Å²) in [6, 6.07) is 0. The molecule has 0 aromatic heterocycles. The van der Waals surface area contributed by atoms with Gasteiger partial charge in [0, 0.05) is 81.1 Å². The summed E-state index contributed by atoms with van der Waals surface area (Å²) in [6.45, 7) is 0.361. The van der Waals surface area contributed by atoms with Gasteiger partial charge in [0.25, 0.3) is 0 Å². The van der Waals surface area contributed by atoms with Crippen LogP contribution < -0.4 is 0 Å². The van der Waals surface area contributed by atoms with Crippen molar-refractivity contribution in [3.63, 3.8) is 0 Å². The molecule has 4 amide bonds. The van der Waals surface area contributed by atoms with Crippen LogP contribution in [0.4, 0.5) is 0 Å². The third-order valence-electron chi connectivity index (χ3n) is 4.90. The number of carbonyl (C=O) groups is 4. The first-order chi connectivity index (χ1) is 11.4. The van der Waals surface area contributed by atoms with Crippen LogP contribution in [0.15, 0.2) is 0 Å². The summed E-state index contributed by atoms with van der Waals surface area (Å²) in [6.07, 6.45) is -0.0211. The van der Waals surface area contributed by atoms with Crippen molar-refractivity contribution in [2.24, 2.45) is 11.3 Å². The summed E-state index contributed by atoms with van der Waals surface area (Å²) in [7, 11) is 11.4. The Bertz CT molecular complexity index is 535. The van der Waals surface area contributed by atoms with Gasteiger partial charge in [-0.2, -0.15) is 0 Å². The molecule has 1 atom stereocenters. The molecular formula is C17H30N4O4. The zero-order valence-corrected chi connectivity index (χ0v) is 16.3. The van der Waals surface area contributed by atoms with E-state index in [1.54, 1.807) is 49.3 Å². The maximum atomic E-state index is 13.0. The van der Waals surface area contributed by atoms with Gasteiger partial charge < -0.3 is 19.6 Å². The fourth-order valence-electron chi connectivity index (χ4n) is 3.15. The van der Waals surface area contributed by atoms with E-state index < -0.39 is 5.41 Å². The third kappa shape index (κ3) is 4.49. The molecule has 1 aliphatic rings. The molecule has 1 aliphatic heterocycles. The van der Waals surface area contributed by atoms with Crippen LogP contribution in [0, 0.1) is 11.3 Å². The predicted octanol–water partition coefficient (Wildman–Crippen LogP) is -0.504. The highest BCUT2D eigenvalue weighted by Crippen LogP contribution is 2.45. The molecule has 0 saturated carbocycles. The molecule has 1 fully saturated rings. The Hall–Kier alpha value is -2.12. The molecule has 1 rings (SSSR count). The zero-order valence-electron chi connectivity index (χ0n) is 16.3. The van der Waals surface area contributed by atoms with Crippen LogP contribution in [0.25, 0.3) is 0 Å². The van der Waals surface area contributed by atoms with Gasteiger partial charge in [0.15, 0.2) is 0 Å². The fraction of sp³-hybridized carbons (Fsp3) is 0.765. The van der Waals surface area contributed by atoms with E-state index in [1.807, 2.05) is 0 Å². The minimum absolute atomic E-state index is 0.0753. The summed E-state index contributed by atoms with van der Waals surface area (Å²) in [5, 5.41) is 0. The van der Waals surface area contributed by atoms with Crippen LogP contribution in [0.3, 0.4) is 0 Å². The maximum Gasteiger partial charge on any atom is 0.229 e. The first-order valence-electron chi connectivity index (χ1n) is 8.28. The van der Waals surface area contributed by atoms with Crippen LogP contribution in [-0.4, -0.2) is 99.1 Å². The number of hydrogen-bond acceptors (Lipinski definition) is 4. The molecule has 142 valence electrons. The number of nitrogens with zero attached hydrogens (tertiary/aromatic N) is 4. The van der Waals surface area contributed by atoms with Crippen molar-refractivity contribution >= 4 is 23.6 Å². The van der Waals surface area contributed by atoms with Crippen molar-refractivity contribution in [1.29, 1.82) is 0 Å². The number of carbonyl (C=O) groups excluding carboxylic acids is 4. The summed E-state index contributed by atoms with van der Waals surface area (Å²) >= 11 is 0. The van der Waals surface area contributed by atoms with Crippen molar-refractivity contribution in [1.82, 2.24) is 19.6 Å². The van der Waals surface area contributed by atoms with E-state index in [9.17, 15) is 19.2 Å². The molecule has 1 unspecified atom stereocenters. The molecule has 1 saturated heterocycles. The van der Waals surface area contributed by atoms with Gasteiger partial charge in [0.2, 0.25) is 23.6 Å². The number of rotatable bonds is 6. The van der Waals surface area contributed by atoms with Crippen LogP contribution in [0.2, 0.25) is 0 Å². The topological polar surface area (TPSA) is 81.2 Å². The van der Waals surface area contributed by atoms with Gasteiger partial charge in [-0.05, 0) is 0 Å². The molecule has 0 aromatic carbocycles. The quantitative estimate of drug-likeness (QED) is 0.644. The molecule has 1 heterocycles. The van der Waals surface area contributed by atoms with Crippen LogP contribution >= 0.6 is 0 Å². The smallest absolute Gasteiger partial charge is 0.229 e. The number of hydrogen-bond donors (Lipinski definition) is 0. The van der Waals surface area contributed by atoms with Gasteiger partial charge >= 0.3 is 0 Å². The van der Waals surface area contributed by atoms with Crippen molar-refractivity contribution in [3.05, 3.63) is 0 Å². The molecule has 0 N–H and O–H groups in total.